The summed E-state index contributed by atoms with van der Waals surface area (Å²) < 4.78 is 0. The highest BCUT2D eigenvalue weighted by Crippen LogP contribution is 2.21. The summed E-state index contributed by atoms with van der Waals surface area (Å²) in [5.41, 5.74) is 2.26. The van der Waals surface area contributed by atoms with Crippen molar-refractivity contribution in [3.63, 3.8) is 0 Å². The first-order valence-corrected chi connectivity index (χ1v) is 7.26. The summed E-state index contributed by atoms with van der Waals surface area (Å²) in [6.07, 6.45) is 1.57. The molecule has 0 saturated carbocycles. The molecule has 0 unspecified atom stereocenters. The van der Waals surface area contributed by atoms with Gasteiger partial charge < -0.3 is 14.9 Å². The fourth-order valence-electron chi connectivity index (χ4n) is 2.10. The van der Waals surface area contributed by atoms with E-state index in [1.807, 2.05) is 19.1 Å². The molecule has 1 N–H and O–H groups in total. The maximum Gasteiger partial charge on any atom is 0.0787 e. The summed E-state index contributed by atoms with van der Waals surface area (Å²) >= 11 is 0. The van der Waals surface area contributed by atoms with Crippen LogP contribution in [-0.2, 0) is 0 Å². The van der Waals surface area contributed by atoms with Crippen LogP contribution in [0.15, 0.2) is 24.3 Å². The lowest BCUT2D eigenvalue weighted by atomic mass is 10.1. The molecule has 3 heteroatoms. The van der Waals surface area contributed by atoms with Crippen LogP contribution in [0.4, 0.5) is 5.69 Å². The summed E-state index contributed by atoms with van der Waals surface area (Å²) in [4.78, 5) is 4.61. The lowest BCUT2D eigenvalue weighted by Crippen LogP contribution is -2.32. The topological polar surface area (TPSA) is 26.7 Å². The Hall–Kier alpha value is -1.06. The molecule has 1 rings (SSSR count). The smallest absolute Gasteiger partial charge is 0.0787 e. The molecule has 0 aromatic heterocycles. The molecule has 0 saturated heterocycles. The van der Waals surface area contributed by atoms with Gasteiger partial charge in [-0.1, -0.05) is 26.0 Å². The second-order valence-electron chi connectivity index (χ2n) is 5.31. The van der Waals surface area contributed by atoms with Gasteiger partial charge in [-0.2, -0.15) is 0 Å². The van der Waals surface area contributed by atoms with E-state index >= 15 is 0 Å². The average Bonchev–Trinajstić information content (AvgIpc) is 2.42. The Balaban J connectivity index is 2.73. The first-order valence-electron chi connectivity index (χ1n) is 7.26. The Kier molecular flexibility index (Phi) is 6.89. The second kappa shape index (κ2) is 8.18. The summed E-state index contributed by atoms with van der Waals surface area (Å²) in [7, 11) is 4.20. The van der Waals surface area contributed by atoms with Crippen molar-refractivity contribution < 1.29 is 5.11 Å². The van der Waals surface area contributed by atoms with E-state index < -0.39 is 0 Å². The van der Waals surface area contributed by atoms with Crippen molar-refractivity contribution in [2.75, 3.05) is 38.6 Å². The fourth-order valence-corrected chi connectivity index (χ4v) is 2.10. The molecule has 0 bridgehead atoms. The number of nitrogens with zero attached hydrogens (tertiary/aromatic N) is 2. The van der Waals surface area contributed by atoms with Crippen molar-refractivity contribution in [2.24, 2.45) is 0 Å². The molecule has 0 amide bonds. The van der Waals surface area contributed by atoms with Gasteiger partial charge in [0.25, 0.3) is 0 Å². The third-order valence-electron chi connectivity index (χ3n) is 3.34. The number of anilines is 1. The normalized spacial score (nSPS) is 12.7. The van der Waals surface area contributed by atoms with Gasteiger partial charge in [0.1, 0.15) is 0 Å². The molecule has 1 aromatic carbocycles. The minimum Gasteiger partial charge on any atom is -0.388 e. The molecule has 0 aliphatic heterocycles. The van der Waals surface area contributed by atoms with Crippen LogP contribution in [0.1, 0.15) is 38.4 Å². The SMILES string of the molecule is CCCN(CCN(C)C)c1ccc([C@H](O)CC)cc1. The lowest BCUT2D eigenvalue weighted by molar-refractivity contribution is 0.173. The van der Waals surface area contributed by atoms with Gasteiger partial charge >= 0.3 is 0 Å². The van der Waals surface area contributed by atoms with E-state index in [9.17, 15) is 5.11 Å². The van der Waals surface area contributed by atoms with Gasteiger partial charge in [-0.15, -0.1) is 0 Å². The first-order chi connectivity index (χ1) is 9.08. The van der Waals surface area contributed by atoms with Gasteiger partial charge in [0, 0.05) is 25.3 Å². The molecule has 0 heterocycles. The highest BCUT2D eigenvalue weighted by atomic mass is 16.3. The molecular formula is C16H28N2O. The lowest BCUT2D eigenvalue weighted by Gasteiger charge is -2.26. The minimum absolute atomic E-state index is 0.338. The van der Waals surface area contributed by atoms with Crippen LogP contribution >= 0.6 is 0 Å². The summed E-state index contributed by atoms with van der Waals surface area (Å²) in [5.74, 6) is 0. The quantitative estimate of drug-likeness (QED) is 0.782. The molecule has 3 nitrogen and oxygen atoms in total. The third kappa shape index (κ3) is 5.21. The Morgan fingerprint density at radius 3 is 2.11 bits per heavy atom. The number of rotatable bonds is 8. The van der Waals surface area contributed by atoms with Crippen molar-refractivity contribution in [3.05, 3.63) is 29.8 Å². The molecule has 108 valence electrons. The number of aliphatic hydroxyl groups is 1. The van der Waals surface area contributed by atoms with Gasteiger partial charge in [0.2, 0.25) is 0 Å². The van der Waals surface area contributed by atoms with E-state index in [1.165, 1.54) is 5.69 Å². The molecule has 0 aliphatic carbocycles. The van der Waals surface area contributed by atoms with Crippen molar-refractivity contribution in [1.82, 2.24) is 4.90 Å². The maximum atomic E-state index is 9.82. The Morgan fingerprint density at radius 1 is 1.00 bits per heavy atom. The summed E-state index contributed by atoms with van der Waals surface area (Å²) in [6.45, 7) is 7.37. The second-order valence-corrected chi connectivity index (χ2v) is 5.31. The number of benzene rings is 1. The van der Waals surface area contributed by atoms with Crippen LogP contribution in [-0.4, -0.2) is 43.7 Å². The fraction of sp³-hybridized carbons (Fsp3) is 0.625. The first kappa shape index (κ1) is 16.0. The Morgan fingerprint density at radius 2 is 1.63 bits per heavy atom. The molecule has 0 fully saturated rings. The molecule has 1 aromatic rings. The highest BCUT2D eigenvalue weighted by Gasteiger charge is 2.08. The highest BCUT2D eigenvalue weighted by molar-refractivity contribution is 5.48. The van der Waals surface area contributed by atoms with Gasteiger partial charge in [-0.25, -0.2) is 0 Å². The zero-order valence-electron chi connectivity index (χ0n) is 12.8. The van der Waals surface area contributed by atoms with Crippen molar-refractivity contribution in [2.45, 2.75) is 32.8 Å². The van der Waals surface area contributed by atoms with Gasteiger partial charge in [0.15, 0.2) is 0 Å². The number of hydrogen-bond donors (Lipinski definition) is 1. The van der Waals surface area contributed by atoms with Crippen molar-refractivity contribution in [1.29, 1.82) is 0 Å². The average molecular weight is 264 g/mol. The predicted octanol–water partition coefficient (Wildman–Crippen LogP) is 2.91. The maximum absolute atomic E-state index is 9.82. The monoisotopic (exact) mass is 264 g/mol. The Bertz CT molecular complexity index is 348. The molecule has 0 radical (unpaired) electrons. The molecule has 1 atom stereocenters. The van der Waals surface area contributed by atoms with Crippen LogP contribution in [0.2, 0.25) is 0 Å². The number of likely N-dealkylation sites (N-methyl/N-ethyl adjacent to an activating group) is 1. The largest absolute Gasteiger partial charge is 0.388 e. The zero-order valence-corrected chi connectivity index (χ0v) is 12.8. The third-order valence-corrected chi connectivity index (χ3v) is 3.34. The van der Waals surface area contributed by atoms with Crippen LogP contribution < -0.4 is 4.90 Å². The molecular weight excluding hydrogens is 236 g/mol. The summed E-state index contributed by atoms with van der Waals surface area (Å²) in [5, 5.41) is 9.82. The van der Waals surface area contributed by atoms with Crippen LogP contribution in [0.3, 0.4) is 0 Å². The van der Waals surface area contributed by atoms with Crippen LogP contribution in [0, 0.1) is 0 Å². The molecule has 19 heavy (non-hydrogen) atoms. The van der Waals surface area contributed by atoms with E-state index in [0.717, 1.165) is 38.0 Å². The van der Waals surface area contributed by atoms with Gasteiger partial charge in [-0.05, 0) is 44.6 Å². The minimum atomic E-state index is -0.338. The van der Waals surface area contributed by atoms with E-state index in [1.54, 1.807) is 0 Å². The number of aliphatic hydroxyl groups excluding tert-OH is 1. The van der Waals surface area contributed by atoms with E-state index in [2.05, 4.69) is 43.0 Å². The van der Waals surface area contributed by atoms with Crippen LogP contribution in [0.25, 0.3) is 0 Å². The van der Waals surface area contributed by atoms with Gasteiger partial charge in [0.05, 0.1) is 6.10 Å². The van der Waals surface area contributed by atoms with E-state index in [4.69, 9.17) is 0 Å². The van der Waals surface area contributed by atoms with E-state index in [-0.39, 0.29) is 6.10 Å². The van der Waals surface area contributed by atoms with Gasteiger partial charge in [-0.3, -0.25) is 0 Å². The van der Waals surface area contributed by atoms with Crippen molar-refractivity contribution >= 4 is 5.69 Å². The standard InChI is InChI=1S/C16H28N2O/c1-5-11-18(13-12-17(3)4)15-9-7-14(8-10-15)16(19)6-2/h7-10,16,19H,5-6,11-13H2,1-4H3/t16-/m1/s1. The molecule has 0 aliphatic rings. The van der Waals surface area contributed by atoms with Crippen LogP contribution in [0.5, 0.6) is 0 Å². The van der Waals surface area contributed by atoms with E-state index in [0.29, 0.717) is 0 Å². The zero-order chi connectivity index (χ0) is 14.3. The number of hydrogen-bond acceptors (Lipinski definition) is 3. The molecule has 0 spiro atoms. The summed E-state index contributed by atoms with van der Waals surface area (Å²) in [6, 6.07) is 8.34. The van der Waals surface area contributed by atoms with Crippen molar-refractivity contribution in [3.8, 4) is 0 Å². The Labute approximate surface area is 117 Å². The predicted molar refractivity (Wildman–Crippen MR) is 82.8 cm³/mol.